The third-order valence-electron chi connectivity index (χ3n) is 3.74. The highest BCUT2D eigenvalue weighted by molar-refractivity contribution is 6.17. The van der Waals surface area contributed by atoms with E-state index in [1.54, 1.807) is 12.1 Å². The number of rotatable bonds is 3. The molecule has 3 nitrogen and oxygen atoms in total. The Bertz CT molecular complexity index is 945. The second-order valence-corrected chi connectivity index (χ2v) is 5.06. The molecular weight excluding hydrogens is 275 g/mol. The summed E-state index contributed by atoms with van der Waals surface area (Å²) in [4.78, 5) is 0. The average molecular weight is 287 g/mol. The monoisotopic (exact) mass is 287 g/mol. The van der Waals surface area contributed by atoms with Crippen molar-refractivity contribution < 1.29 is 14.1 Å². The SMILES string of the molecule is O[B]Oc1ccc2c(c1)oc1cc(-c3ccccc3)ccc12. The summed E-state index contributed by atoms with van der Waals surface area (Å²) in [5, 5.41) is 10.8. The van der Waals surface area contributed by atoms with Gasteiger partial charge in [-0.05, 0) is 35.4 Å². The van der Waals surface area contributed by atoms with Gasteiger partial charge < -0.3 is 14.1 Å². The van der Waals surface area contributed by atoms with Crippen molar-refractivity contribution in [2.45, 2.75) is 0 Å². The lowest BCUT2D eigenvalue weighted by molar-refractivity contribution is 0.453. The fraction of sp³-hybridized carbons (Fsp3) is 0. The van der Waals surface area contributed by atoms with Crippen molar-refractivity contribution in [2.24, 2.45) is 0 Å². The van der Waals surface area contributed by atoms with Crippen LogP contribution in [0.3, 0.4) is 0 Å². The number of hydrogen-bond acceptors (Lipinski definition) is 3. The number of benzene rings is 3. The summed E-state index contributed by atoms with van der Waals surface area (Å²) in [6.07, 6.45) is 0. The van der Waals surface area contributed by atoms with Crippen molar-refractivity contribution in [1.29, 1.82) is 0 Å². The number of hydrogen-bond donors (Lipinski definition) is 1. The molecule has 0 fully saturated rings. The van der Waals surface area contributed by atoms with Crippen molar-refractivity contribution in [2.75, 3.05) is 0 Å². The van der Waals surface area contributed by atoms with Gasteiger partial charge in [0, 0.05) is 16.8 Å². The molecule has 1 aromatic heterocycles. The van der Waals surface area contributed by atoms with Crippen LogP contribution in [0.1, 0.15) is 0 Å². The highest BCUT2D eigenvalue weighted by Gasteiger charge is 2.09. The van der Waals surface area contributed by atoms with Crippen LogP contribution in [0.5, 0.6) is 5.75 Å². The van der Waals surface area contributed by atoms with Gasteiger partial charge in [-0.1, -0.05) is 36.4 Å². The van der Waals surface area contributed by atoms with Gasteiger partial charge in [0.1, 0.15) is 16.9 Å². The topological polar surface area (TPSA) is 42.6 Å². The Morgan fingerprint density at radius 2 is 1.50 bits per heavy atom. The molecule has 4 rings (SSSR count). The van der Waals surface area contributed by atoms with Gasteiger partial charge in [0.2, 0.25) is 0 Å². The van der Waals surface area contributed by atoms with Crippen molar-refractivity contribution in [3.8, 4) is 16.9 Å². The number of furan rings is 1. The Balaban J connectivity index is 1.88. The number of fused-ring (bicyclic) bond motifs is 3. The Hall–Kier alpha value is -2.72. The fourth-order valence-electron chi connectivity index (χ4n) is 2.70. The van der Waals surface area contributed by atoms with E-state index in [0.29, 0.717) is 13.4 Å². The minimum atomic E-state index is 0.539. The summed E-state index contributed by atoms with van der Waals surface area (Å²) in [5.41, 5.74) is 3.84. The summed E-state index contributed by atoms with van der Waals surface area (Å²) in [6.45, 7) is 0. The molecular formula is C18H12BO3. The highest BCUT2D eigenvalue weighted by Crippen LogP contribution is 2.33. The van der Waals surface area contributed by atoms with E-state index in [9.17, 15) is 0 Å². The van der Waals surface area contributed by atoms with Crippen LogP contribution in [0.15, 0.2) is 71.1 Å². The standard InChI is InChI=1S/C18H12BO3/c20-19-22-14-7-9-16-15-8-6-13(12-4-2-1-3-5-12)10-17(15)21-18(16)11-14/h1-11,20H. The minimum absolute atomic E-state index is 0.539. The van der Waals surface area contributed by atoms with Gasteiger partial charge in [0.25, 0.3) is 0 Å². The summed E-state index contributed by atoms with van der Waals surface area (Å²) in [7, 11) is 0.664. The zero-order valence-corrected chi connectivity index (χ0v) is 11.7. The molecule has 22 heavy (non-hydrogen) atoms. The molecule has 0 atom stereocenters. The lowest BCUT2D eigenvalue weighted by atomic mass is 10.0. The van der Waals surface area contributed by atoms with E-state index in [0.717, 1.165) is 33.1 Å². The molecule has 0 amide bonds. The highest BCUT2D eigenvalue weighted by atomic mass is 16.5. The lowest BCUT2D eigenvalue weighted by Gasteiger charge is -2.00. The predicted molar refractivity (Wildman–Crippen MR) is 87.8 cm³/mol. The maximum Gasteiger partial charge on any atom is 0.569 e. The van der Waals surface area contributed by atoms with E-state index in [1.165, 1.54) is 0 Å². The Labute approximate surface area is 128 Å². The molecule has 0 aliphatic rings. The minimum Gasteiger partial charge on any atom is -0.537 e. The van der Waals surface area contributed by atoms with Gasteiger partial charge in [-0.2, -0.15) is 0 Å². The quantitative estimate of drug-likeness (QED) is 0.575. The first kappa shape index (κ1) is 13.0. The van der Waals surface area contributed by atoms with E-state index in [1.807, 2.05) is 30.3 Å². The van der Waals surface area contributed by atoms with E-state index in [2.05, 4.69) is 24.3 Å². The van der Waals surface area contributed by atoms with Crippen LogP contribution in [-0.2, 0) is 0 Å². The van der Waals surface area contributed by atoms with Gasteiger partial charge in [-0.3, -0.25) is 0 Å². The molecule has 1 radical (unpaired) electrons. The molecule has 0 unspecified atom stereocenters. The molecule has 105 valence electrons. The van der Waals surface area contributed by atoms with Gasteiger partial charge >= 0.3 is 7.69 Å². The molecule has 0 saturated carbocycles. The second kappa shape index (κ2) is 5.24. The molecule has 0 aliphatic heterocycles. The fourth-order valence-corrected chi connectivity index (χ4v) is 2.70. The molecule has 1 N–H and O–H groups in total. The van der Waals surface area contributed by atoms with E-state index < -0.39 is 0 Å². The maximum atomic E-state index is 8.72. The first-order valence-corrected chi connectivity index (χ1v) is 6.99. The zero-order chi connectivity index (χ0) is 14.9. The van der Waals surface area contributed by atoms with Crippen LogP contribution < -0.4 is 4.65 Å². The van der Waals surface area contributed by atoms with E-state index >= 15 is 0 Å². The lowest BCUT2D eigenvalue weighted by Crippen LogP contribution is -1.98. The predicted octanol–water partition coefficient (Wildman–Crippen LogP) is 4.16. The summed E-state index contributed by atoms with van der Waals surface area (Å²) in [5.74, 6) is 0.539. The Morgan fingerprint density at radius 1 is 0.773 bits per heavy atom. The molecule has 3 aromatic carbocycles. The molecule has 0 spiro atoms. The largest absolute Gasteiger partial charge is 0.569 e. The Morgan fingerprint density at radius 3 is 2.27 bits per heavy atom. The van der Waals surface area contributed by atoms with Crippen molar-refractivity contribution >= 4 is 29.6 Å². The molecule has 0 aliphatic carbocycles. The average Bonchev–Trinajstić information content (AvgIpc) is 2.92. The van der Waals surface area contributed by atoms with Gasteiger partial charge in [0.15, 0.2) is 0 Å². The first-order chi connectivity index (χ1) is 10.8. The summed E-state index contributed by atoms with van der Waals surface area (Å²) < 4.78 is 10.9. The molecule has 1 heterocycles. The Kier molecular flexibility index (Phi) is 3.09. The molecule has 0 saturated heterocycles. The third kappa shape index (κ3) is 2.14. The molecule has 4 aromatic rings. The van der Waals surface area contributed by atoms with Crippen LogP contribution in [0.2, 0.25) is 0 Å². The van der Waals surface area contributed by atoms with Crippen LogP contribution >= 0.6 is 0 Å². The van der Waals surface area contributed by atoms with Crippen LogP contribution in [0.25, 0.3) is 33.1 Å². The van der Waals surface area contributed by atoms with Crippen molar-refractivity contribution in [3.05, 3.63) is 66.7 Å². The van der Waals surface area contributed by atoms with Gasteiger partial charge in [-0.25, -0.2) is 0 Å². The van der Waals surface area contributed by atoms with Gasteiger partial charge in [-0.15, -0.1) is 0 Å². The van der Waals surface area contributed by atoms with E-state index in [-0.39, 0.29) is 0 Å². The third-order valence-corrected chi connectivity index (χ3v) is 3.74. The molecule has 0 bridgehead atoms. The van der Waals surface area contributed by atoms with Gasteiger partial charge in [0.05, 0.1) is 0 Å². The second-order valence-electron chi connectivity index (χ2n) is 5.06. The van der Waals surface area contributed by atoms with Crippen LogP contribution in [0, 0.1) is 0 Å². The van der Waals surface area contributed by atoms with Crippen LogP contribution in [0.4, 0.5) is 0 Å². The van der Waals surface area contributed by atoms with Crippen molar-refractivity contribution in [1.82, 2.24) is 0 Å². The summed E-state index contributed by atoms with van der Waals surface area (Å²) >= 11 is 0. The summed E-state index contributed by atoms with van der Waals surface area (Å²) in [6, 6.07) is 21.9. The molecule has 4 heteroatoms. The maximum absolute atomic E-state index is 8.72. The first-order valence-electron chi connectivity index (χ1n) is 6.99. The van der Waals surface area contributed by atoms with E-state index in [4.69, 9.17) is 14.1 Å². The normalized spacial score (nSPS) is 11.0. The van der Waals surface area contributed by atoms with Crippen LogP contribution in [-0.4, -0.2) is 12.7 Å². The smallest absolute Gasteiger partial charge is 0.537 e. The van der Waals surface area contributed by atoms with Crippen molar-refractivity contribution in [3.63, 3.8) is 0 Å². The zero-order valence-electron chi connectivity index (χ0n) is 11.7.